The molecule has 1 rings (SSSR count). The zero-order valence-corrected chi connectivity index (χ0v) is 14.1. The smallest absolute Gasteiger partial charge is 0.233 e. The molecule has 0 N–H and O–H groups in total. The molecule has 0 aromatic carbocycles. The van der Waals surface area contributed by atoms with E-state index in [1.807, 2.05) is 13.8 Å². The molecule has 1 heterocycles. The Morgan fingerprint density at radius 1 is 1.30 bits per heavy atom. The van der Waals surface area contributed by atoms with Crippen LogP contribution in [0.5, 0.6) is 0 Å². The van der Waals surface area contributed by atoms with E-state index >= 15 is 0 Å². The Bertz CT molecular complexity index is 388. The van der Waals surface area contributed by atoms with Crippen LogP contribution in [0.3, 0.4) is 0 Å². The quantitative estimate of drug-likeness (QED) is 0.505. The van der Waals surface area contributed by atoms with Crippen molar-refractivity contribution < 1.29 is 22.6 Å². The van der Waals surface area contributed by atoms with Crippen molar-refractivity contribution in [3.63, 3.8) is 0 Å². The van der Waals surface area contributed by atoms with Gasteiger partial charge in [0.15, 0.2) is 0 Å². The van der Waals surface area contributed by atoms with Crippen LogP contribution in [0.1, 0.15) is 33.1 Å². The Hall–Kier alpha value is 0.120. The Kier molecular flexibility index (Phi) is 6.73. The van der Waals surface area contributed by atoms with Crippen LogP contribution in [-0.4, -0.2) is 53.3 Å². The molecular weight excluding hydrogens is 304 g/mol. The first-order valence-corrected chi connectivity index (χ1v) is 9.29. The lowest BCUT2D eigenvalue weighted by Gasteiger charge is -2.36. The molecule has 0 amide bonds. The van der Waals surface area contributed by atoms with Gasteiger partial charge >= 0.3 is 0 Å². The van der Waals surface area contributed by atoms with E-state index in [2.05, 4.69) is 0 Å². The lowest BCUT2D eigenvalue weighted by molar-refractivity contribution is -0.0486. The number of hydrogen-bond donors (Lipinski definition) is 0. The molecule has 0 radical (unpaired) electrons. The van der Waals surface area contributed by atoms with Gasteiger partial charge in [0.05, 0.1) is 18.0 Å². The normalized spacial score (nSPS) is 20.0. The first kappa shape index (κ1) is 18.2. The number of ether oxygens (including phenoxy) is 3. The van der Waals surface area contributed by atoms with Crippen LogP contribution in [0.15, 0.2) is 0 Å². The van der Waals surface area contributed by atoms with Crippen molar-refractivity contribution in [2.75, 3.05) is 39.3 Å². The second-order valence-electron chi connectivity index (χ2n) is 6.06. The Balaban J connectivity index is 2.49. The van der Waals surface area contributed by atoms with Crippen LogP contribution in [0.25, 0.3) is 0 Å². The average molecular weight is 329 g/mol. The molecule has 0 aromatic heterocycles. The maximum atomic E-state index is 11.4. The molecule has 0 bridgehead atoms. The predicted octanol–water partition coefficient (Wildman–Crippen LogP) is 2.18. The predicted molar refractivity (Wildman–Crippen MR) is 78.6 cm³/mol. The molecular formula is C13H25ClO5S. The molecule has 1 aliphatic heterocycles. The first-order valence-electron chi connectivity index (χ1n) is 6.81. The minimum atomic E-state index is -3.54. The molecule has 1 saturated heterocycles. The van der Waals surface area contributed by atoms with Crippen molar-refractivity contribution in [3.8, 4) is 0 Å². The van der Waals surface area contributed by atoms with Crippen LogP contribution in [0.4, 0.5) is 0 Å². The van der Waals surface area contributed by atoms with E-state index in [1.165, 1.54) is 0 Å². The third-order valence-electron chi connectivity index (χ3n) is 3.84. The molecule has 1 aliphatic rings. The van der Waals surface area contributed by atoms with Gasteiger partial charge in [0.25, 0.3) is 0 Å². The second kappa shape index (κ2) is 7.40. The molecule has 0 spiro atoms. The average Bonchev–Trinajstić information content (AvgIpc) is 2.34. The Labute approximate surface area is 126 Å². The van der Waals surface area contributed by atoms with Gasteiger partial charge in [-0.2, -0.15) is 0 Å². The SMILES string of the molecule is COC(C)(C)CCOCC1(CS(=O)(=O)Cl)CCOCC1. The lowest BCUT2D eigenvalue weighted by Crippen LogP contribution is -2.39. The van der Waals surface area contributed by atoms with Crippen molar-refractivity contribution in [2.45, 2.75) is 38.7 Å². The summed E-state index contributed by atoms with van der Waals surface area (Å²) in [5.41, 5.74) is -0.655. The molecule has 0 atom stereocenters. The van der Waals surface area contributed by atoms with Gasteiger partial charge in [0, 0.05) is 43.0 Å². The highest BCUT2D eigenvalue weighted by Crippen LogP contribution is 2.33. The van der Waals surface area contributed by atoms with Gasteiger partial charge in [0.1, 0.15) is 0 Å². The Morgan fingerprint density at radius 3 is 2.40 bits per heavy atom. The number of halogens is 1. The lowest BCUT2D eigenvalue weighted by atomic mass is 9.83. The van der Waals surface area contributed by atoms with E-state index in [0.29, 0.717) is 39.3 Å². The molecule has 0 saturated carbocycles. The maximum Gasteiger partial charge on any atom is 0.233 e. The zero-order chi connectivity index (χ0) is 15.3. The van der Waals surface area contributed by atoms with Gasteiger partial charge in [-0.1, -0.05) is 0 Å². The first-order chi connectivity index (χ1) is 9.18. The molecule has 1 fully saturated rings. The molecule has 20 heavy (non-hydrogen) atoms. The van der Waals surface area contributed by atoms with Gasteiger partial charge in [-0.05, 0) is 33.1 Å². The summed E-state index contributed by atoms with van der Waals surface area (Å²) in [6.07, 6.45) is 2.07. The standard InChI is InChI=1S/C13H25ClO5S/c1-12(2,17-3)4-7-19-10-13(11-20(14,15)16)5-8-18-9-6-13/h4-11H2,1-3H3. The fourth-order valence-corrected chi connectivity index (χ4v) is 4.01. The van der Waals surface area contributed by atoms with Crippen molar-refractivity contribution in [2.24, 2.45) is 5.41 Å². The summed E-state index contributed by atoms with van der Waals surface area (Å²) >= 11 is 0. The molecule has 7 heteroatoms. The third-order valence-corrected chi connectivity index (χ3v) is 5.13. The van der Waals surface area contributed by atoms with Gasteiger partial charge in [-0.3, -0.25) is 0 Å². The summed E-state index contributed by atoms with van der Waals surface area (Å²) < 4.78 is 39.1. The van der Waals surface area contributed by atoms with Crippen LogP contribution < -0.4 is 0 Å². The molecule has 0 aromatic rings. The summed E-state index contributed by atoms with van der Waals surface area (Å²) in [5, 5.41) is 0. The van der Waals surface area contributed by atoms with Crippen molar-refractivity contribution >= 4 is 19.7 Å². The fourth-order valence-electron chi connectivity index (χ4n) is 2.21. The minimum absolute atomic E-state index is 0.0570. The van der Waals surface area contributed by atoms with Crippen LogP contribution >= 0.6 is 10.7 Å². The van der Waals surface area contributed by atoms with Gasteiger partial charge in [-0.25, -0.2) is 8.42 Å². The van der Waals surface area contributed by atoms with Crippen LogP contribution in [-0.2, 0) is 23.3 Å². The van der Waals surface area contributed by atoms with E-state index in [4.69, 9.17) is 24.9 Å². The summed E-state index contributed by atoms with van der Waals surface area (Å²) in [4.78, 5) is 0. The number of rotatable bonds is 8. The van der Waals surface area contributed by atoms with Gasteiger partial charge < -0.3 is 14.2 Å². The summed E-state index contributed by atoms with van der Waals surface area (Å²) in [6.45, 7) is 6.01. The summed E-state index contributed by atoms with van der Waals surface area (Å²) in [5.74, 6) is -0.0570. The van der Waals surface area contributed by atoms with E-state index in [9.17, 15) is 8.42 Å². The summed E-state index contributed by atoms with van der Waals surface area (Å²) in [7, 11) is 3.55. The second-order valence-corrected chi connectivity index (χ2v) is 8.84. The zero-order valence-electron chi connectivity index (χ0n) is 12.5. The van der Waals surface area contributed by atoms with E-state index in [1.54, 1.807) is 7.11 Å². The van der Waals surface area contributed by atoms with Crippen molar-refractivity contribution in [1.82, 2.24) is 0 Å². The third kappa shape index (κ3) is 6.72. The monoisotopic (exact) mass is 328 g/mol. The highest BCUT2D eigenvalue weighted by molar-refractivity contribution is 8.13. The molecule has 120 valence electrons. The van der Waals surface area contributed by atoms with E-state index in [0.717, 1.165) is 6.42 Å². The highest BCUT2D eigenvalue weighted by Gasteiger charge is 2.37. The topological polar surface area (TPSA) is 61.8 Å². The number of methoxy groups -OCH3 is 1. The Morgan fingerprint density at radius 2 is 1.90 bits per heavy atom. The fraction of sp³-hybridized carbons (Fsp3) is 1.00. The summed E-state index contributed by atoms with van der Waals surface area (Å²) in [6, 6.07) is 0. The molecule has 5 nitrogen and oxygen atoms in total. The minimum Gasteiger partial charge on any atom is -0.381 e. The largest absolute Gasteiger partial charge is 0.381 e. The van der Waals surface area contributed by atoms with Crippen LogP contribution in [0, 0.1) is 5.41 Å². The van der Waals surface area contributed by atoms with Gasteiger partial charge in [0.2, 0.25) is 9.05 Å². The van der Waals surface area contributed by atoms with Crippen molar-refractivity contribution in [3.05, 3.63) is 0 Å². The highest BCUT2D eigenvalue weighted by atomic mass is 35.7. The number of hydrogen-bond acceptors (Lipinski definition) is 5. The maximum absolute atomic E-state index is 11.4. The van der Waals surface area contributed by atoms with E-state index in [-0.39, 0.29) is 11.4 Å². The van der Waals surface area contributed by atoms with Crippen molar-refractivity contribution in [1.29, 1.82) is 0 Å². The van der Waals surface area contributed by atoms with Gasteiger partial charge in [-0.15, -0.1) is 0 Å². The van der Waals surface area contributed by atoms with E-state index < -0.39 is 14.5 Å². The molecule has 0 unspecified atom stereocenters. The molecule has 0 aliphatic carbocycles. The van der Waals surface area contributed by atoms with Crippen LogP contribution in [0.2, 0.25) is 0 Å².